The fraction of sp³-hybridized carbons (Fsp3) is 0.433. The molecule has 1 atom stereocenters. The van der Waals surface area contributed by atoms with Gasteiger partial charge in [-0.05, 0) is 52.0 Å². The number of hydrogen-bond acceptors (Lipinski definition) is 11. The zero-order valence-electron chi connectivity index (χ0n) is 24.3. The summed E-state index contributed by atoms with van der Waals surface area (Å²) in [5.74, 6) is 2.50. The van der Waals surface area contributed by atoms with E-state index in [4.69, 9.17) is 20.0 Å². The second-order valence-electron chi connectivity index (χ2n) is 12.0. The molecule has 2 fully saturated rings. The van der Waals surface area contributed by atoms with Crippen LogP contribution in [0.4, 0.5) is 16.4 Å². The first-order valence-electron chi connectivity index (χ1n) is 14.2. The summed E-state index contributed by atoms with van der Waals surface area (Å²) in [6.45, 7) is 10.2. The number of nitrogens with two attached hydrogens (primary N) is 1. The molecule has 1 aliphatic carbocycles. The zero-order valence-corrected chi connectivity index (χ0v) is 24.3. The highest BCUT2D eigenvalue weighted by atomic mass is 16.6. The van der Waals surface area contributed by atoms with Crippen LogP contribution in [0.15, 0.2) is 53.6 Å². The molecule has 4 heterocycles. The molecule has 6 rings (SSSR count). The molecule has 2 aliphatic rings. The van der Waals surface area contributed by atoms with Gasteiger partial charge >= 0.3 is 6.09 Å². The van der Waals surface area contributed by atoms with Crippen molar-refractivity contribution in [3.63, 3.8) is 0 Å². The summed E-state index contributed by atoms with van der Waals surface area (Å²) in [4.78, 5) is 38.7. The van der Waals surface area contributed by atoms with Crippen LogP contribution >= 0.6 is 0 Å². The van der Waals surface area contributed by atoms with Gasteiger partial charge in [-0.2, -0.15) is 4.98 Å². The molecule has 1 aromatic carbocycles. The van der Waals surface area contributed by atoms with E-state index in [0.29, 0.717) is 55.3 Å². The Kier molecular flexibility index (Phi) is 6.99. The van der Waals surface area contributed by atoms with Crippen molar-refractivity contribution < 1.29 is 14.1 Å². The number of benzene rings is 1. The molecule has 218 valence electrons. The maximum Gasteiger partial charge on any atom is 0.410 e. The number of carbonyl (C=O) groups is 1. The minimum atomic E-state index is -0.515. The number of nitrogen functional groups attached to an aromatic ring is 1. The minimum absolute atomic E-state index is 0.291. The van der Waals surface area contributed by atoms with Gasteiger partial charge < -0.3 is 24.8 Å². The highest BCUT2D eigenvalue weighted by Gasteiger charge is 2.47. The van der Waals surface area contributed by atoms with Crippen molar-refractivity contribution in [2.45, 2.75) is 51.6 Å². The molecule has 0 spiro atoms. The number of aromatic nitrogens is 6. The molecule has 42 heavy (non-hydrogen) atoms. The normalized spacial score (nSPS) is 17.1. The molecular weight excluding hydrogens is 534 g/mol. The van der Waals surface area contributed by atoms with Crippen LogP contribution in [0.3, 0.4) is 0 Å². The number of carbonyl (C=O) groups excluding carboxylic acids is 1. The van der Waals surface area contributed by atoms with Gasteiger partial charge in [0.05, 0.1) is 35.9 Å². The lowest BCUT2D eigenvalue weighted by molar-refractivity contribution is 0.0240. The Morgan fingerprint density at radius 1 is 0.905 bits per heavy atom. The van der Waals surface area contributed by atoms with Crippen molar-refractivity contribution in [1.82, 2.24) is 35.0 Å². The number of ether oxygens (including phenoxy) is 1. The van der Waals surface area contributed by atoms with Crippen LogP contribution in [0.2, 0.25) is 0 Å². The molecule has 1 aliphatic heterocycles. The lowest BCUT2D eigenvalue weighted by Gasteiger charge is -2.36. The van der Waals surface area contributed by atoms with E-state index in [9.17, 15) is 4.79 Å². The lowest BCUT2D eigenvalue weighted by Crippen LogP contribution is -2.50. The van der Waals surface area contributed by atoms with Crippen LogP contribution in [0.1, 0.15) is 51.9 Å². The Hall–Kier alpha value is -4.61. The number of nitrogens with zero attached hydrogens (tertiary/aromatic N) is 8. The van der Waals surface area contributed by atoms with Gasteiger partial charge in [-0.15, -0.1) is 0 Å². The zero-order chi connectivity index (χ0) is 29.5. The van der Waals surface area contributed by atoms with E-state index in [2.05, 4.69) is 49.0 Å². The summed E-state index contributed by atoms with van der Waals surface area (Å²) in [5.41, 5.74) is 8.10. The number of hydrogen-bond donors (Lipinski definition) is 1. The van der Waals surface area contributed by atoms with E-state index in [1.807, 2.05) is 32.9 Å². The van der Waals surface area contributed by atoms with Crippen LogP contribution in [0, 0.1) is 5.92 Å². The molecule has 1 saturated heterocycles. The van der Waals surface area contributed by atoms with Crippen molar-refractivity contribution in [2.75, 3.05) is 36.8 Å². The maximum absolute atomic E-state index is 12.4. The van der Waals surface area contributed by atoms with Gasteiger partial charge in [-0.3, -0.25) is 4.98 Å². The quantitative estimate of drug-likeness (QED) is 0.353. The molecule has 1 amide bonds. The second kappa shape index (κ2) is 10.7. The van der Waals surface area contributed by atoms with E-state index in [0.717, 1.165) is 35.5 Å². The molecule has 12 heteroatoms. The van der Waals surface area contributed by atoms with Crippen molar-refractivity contribution in [3.8, 4) is 22.8 Å². The van der Waals surface area contributed by atoms with Crippen LogP contribution < -0.4 is 10.6 Å². The third kappa shape index (κ3) is 5.61. The summed E-state index contributed by atoms with van der Waals surface area (Å²) in [6.07, 6.45) is 8.50. The van der Waals surface area contributed by atoms with Gasteiger partial charge in [0, 0.05) is 31.7 Å². The number of amides is 1. The Morgan fingerprint density at radius 2 is 1.60 bits per heavy atom. The monoisotopic (exact) mass is 569 g/mol. The summed E-state index contributed by atoms with van der Waals surface area (Å²) in [6, 6.07) is 8.27. The SMILES string of the molecule is CC(C)(C)OC(=O)N1CCN(c2cnc(-c3nc(C(C)(c4ccc(-c5cnc(N)cn5)cc4)C4CC4)no3)cn2)CC1. The van der Waals surface area contributed by atoms with Crippen molar-refractivity contribution in [3.05, 3.63) is 60.4 Å². The van der Waals surface area contributed by atoms with Gasteiger partial charge in [0.25, 0.3) is 5.89 Å². The van der Waals surface area contributed by atoms with Crippen LogP contribution in [-0.2, 0) is 10.2 Å². The van der Waals surface area contributed by atoms with Crippen molar-refractivity contribution in [1.29, 1.82) is 0 Å². The van der Waals surface area contributed by atoms with Gasteiger partial charge in [-0.1, -0.05) is 29.4 Å². The predicted molar refractivity (Wildman–Crippen MR) is 156 cm³/mol. The maximum atomic E-state index is 12.4. The third-order valence-corrected chi connectivity index (χ3v) is 7.85. The van der Waals surface area contributed by atoms with E-state index in [1.165, 1.54) is 0 Å². The van der Waals surface area contributed by atoms with Gasteiger partial charge in [-0.25, -0.2) is 19.7 Å². The highest BCUT2D eigenvalue weighted by Crippen LogP contribution is 2.50. The Labute approximate surface area is 244 Å². The van der Waals surface area contributed by atoms with E-state index in [1.54, 1.807) is 29.7 Å². The molecule has 1 saturated carbocycles. The predicted octanol–water partition coefficient (Wildman–Crippen LogP) is 4.34. The Morgan fingerprint density at radius 3 is 2.19 bits per heavy atom. The average molecular weight is 570 g/mol. The molecular formula is C30H35N9O3. The highest BCUT2D eigenvalue weighted by molar-refractivity contribution is 5.68. The lowest BCUT2D eigenvalue weighted by atomic mass is 9.77. The molecule has 2 N–H and O–H groups in total. The van der Waals surface area contributed by atoms with Gasteiger partial charge in [0.1, 0.15) is 22.9 Å². The Bertz CT molecular complexity index is 1540. The van der Waals surface area contributed by atoms with Crippen LogP contribution in [0.25, 0.3) is 22.8 Å². The summed E-state index contributed by atoms with van der Waals surface area (Å²) >= 11 is 0. The molecule has 12 nitrogen and oxygen atoms in total. The summed E-state index contributed by atoms with van der Waals surface area (Å²) in [7, 11) is 0. The van der Waals surface area contributed by atoms with Crippen molar-refractivity contribution >= 4 is 17.7 Å². The first kappa shape index (κ1) is 27.6. The second-order valence-corrected chi connectivity index (χ2v) is 12.0. The average Bonchev–Trinajstić information content (AvgIpc) is 3.73. The third-order valence-electron chi connectivity index (χ3n) is 7.85. The molecule has 0 radical (unpaired) electrons. The number of rotatable bonds is 6. The van der Waals surface area contributed by atoms with Crippen LogP contribution in [0.5, 0.6) is 0 Å². The molecule has 0 bridgehead atoms. The minimum Gasteiger partial charge on any atom is -0.444 e. The standard InChI is InChI=1S/C30H35N9O3/c1-29(2,3)41-28(40)39-13-11-38(12-14-39)25-18-33-23(16-35-25)26-36-27(37-42-26)30(4,21-9-10-21)20-7-5-19(6-8-20)22-15-34-24(31)17-32-22/h5-8,15-18,21H,9-14H2,1-4H3,(H2,31,34). The largest absolute Gasteiger partial charge is 0.444 e. The first-order valence-corrected chi connectivity index (χ1v) is 14.2. The van der Waals surface area contributed by atoms with E-state index >= 15 is 0 Å². The molecule has 1 unspecified atom stereocenters. The first-order chi connectivity index (χ1) is 20.1. The topological polar surface area (TPSA) is 149 Å². The number of anilines is 2. The summed E-state index contributed by atoms with van der Waals surface area (Å²) < 4.78 is 11.2. The summed E-state index contributed by atoms with van der Waals surface area (Å²) in [5, 5.41) is 4.41. The number of piperazine rings is 1. The smallest absolute Gasteiger partial charge is 0.410 e. The fourth-order valence-electron chi connectivity index (χ4n) is 5.26. The van der Waals surface area contributed by atoms with Gasteiger partial charge in [0.2, 0.25) is 0 Å². The van der Waals surface area contributed by atoms with Crippen molar-refractivity contribution in [2.24, 2.45) is 5.92 Å². The van der Waals surface area contributed by atoms with E-state index < -0.39 is 11.0 Å². The Balaban J connectivity index is 1.15. The molecule has 4 aromatic rings. The van der Waals surface area contributed by atoms with E-state index in [-0.39, 0.29) is 6.09 Å². The molecule has 3 aromatic heterocycles. The van der Waals surface area contributed by atoms with Gasteiger partial charge in [0.15, 0.2) is 5.82 Å². The fourth-order valence-corrected chi connectivity index (χ4v) is 5.26. The van der Waals surface area contributed by atoms with Crippen LogP contribution in [-0.4, -0.2) is 72.8 Å².